The smallest absolute Gasteiger partial charge is 0.0149 e. The van der Waals surface area contributed by atoms with Crippen LogP contribution in [0.2, 0.25) is 0 Å². The van der Waals surface area contributed by atoms with E-state index in [2.05, 4.69) is 267 Å². The molecule has 0 amide bonds. The van der Waals surface area contributed by atoms with Crippen LogP contribution in [-0.4, -0.2) is 0 Å². The Morgan fingerprint density at radius 1 is 0.190 bits per heavy atom. The van der Waals surface area contributed by atoms with Crippen molar-refractivity contribution in [1.82, 2.24) is 0 Å². The van der Waals surface area contributed by atoms with Gasteiger partial charge in [-0.3, -0.25) is 0 Å². The van der Waals surface area contributed by atoms with Crippen molar-refractivity contribution in [3.05, 3.63) is 248 Å². The van der Waals surface area contributed by atoms with E-state index >= 15 is 0 Å². The molecule has 0 aliphatic carbocycles. The van der Waals surface area contributed by atoms with Gasteiger partial charge in [0, 0.05) is 0 Å². The van der Waals surface area contributed by atoms with Crippen molar-refractivity contribution >= 4 is 0 Å². The van der Waals surface area contributed by atoms with Crippen LogP contribution in [0.3, 0.4) is 0 Å². The quantitative estimate of drug-likeness (QED) is 0.0853. The highest BCUT2D eigenvalue weighted by Crippen LogP contribution is 2.37. The molecule has 9 rings (SSSR count). The molecule has 0 unspecified atom stereocenters. The molecule has 79 heavy (non-hydrogen) atoms. The van der Waals surface area contributed by atoms with Crippen LogP contribution in [0.5, 0.6) is 0 Å². The fourth-order valence-corrected chi connectivity index (χ4v) is 11.5. The van der Waals surface area contributed by atoms with E-state index in [1.54, 1.807) is 0 Å². The SMILES string of the molecule is CCc1ccc(-c2cc(CC)c(-c3ccc(CC)cc3)cc2C)cc1.CCc1ccc(-c2cc(CC)c(-c3ccc(CC)cc3)cc2CC)cc1.CCc1ccc(-c2ccc(-c3ccc(CC)c(CC)c3)c(C)c2C)cc1CC. The maximum Gasteiger partial charge on any atom is -0.0149 e. The monoisotopic (exact) mass is 1040 g/mol. The zero-order valence-corrected chi connectivity index (χ0v) is 50.9. The lowest BCUT2D eigenvalue weighted by molar-refractivity contribution is 1.04. The zero-order valence-electron chi connectivity index (χ0n) is 50.9. The summed E-state index contributed by atoms with van der Waals surface area (Å²) in [5.41, 5.74) is 36.1. The van der Waals surface area contributed by atoms with Crippen molar-refractivity contribution in [1.29, 1.82) is 0 Å². The van der Waals surface area contributed by atoms with Gasteiger partial charge in [-0.15, -0.1) is 0 Å². The van der Waals surface area contributed by atoms with Gasteiger partial charge in [-0.25, -0.2) is 0 Å². The van der Waals surface area contributed by atoms with Crippen LogP contribution in [-0.2, 0) is 70.6 Å². The van der Waals surface area contributed by atoms with Crippen LogP contribution in [0.15, 0.2) is 170 Å². The lowest BCUT2D eigenvalue weighted by atomic mass is 9.88. The van der Waals surface area contributed by atoms with Crippen LogP contribution in [0, 0.1) is 20.8 Å². The van der Waals surface area contributed by atoms with Crippen molar-refractivity contribution in [2.45, 2.75) is 168 Å². The molecule has 408 valence electrons. The Morgan fingerprint density at radius 3 is 0.722 bits per heavy atom. The zero-order chi connectivity index (χ0) is 56.6. The van der Waals surface area contributed by atoms with Crippen LogP contribution < -0.4 is 0 Å². The fraction of sp³-hybridized carbons (Fsp3) is 0.316. The van der Waals surface area contributed by atoms with Gasteiger partial charge in [0.05, 0.1) is 0 Å². The Balaban J connectivity index is 0.000000172. The minimum absolute atomic E-state index is 1.05. The molecule has 0 aliphatic heterocycles. The van der Waals surface area contributed by atoms with E-state index in [1.807, 2.05) is 0 Å². The molecular weight excluding hydrogens is 949 g/mol. The van der Waals surface area contributed by atoms with Crippen molar-refractivity contribution < 1.29 is 0 Å². The molecule has 9 aromatic rings. The second kappa shape index (κ2) is 28.7. The Bertz CT molecular complexity index is 3240. The summed E-state index contributed by atoms with van der Waals surface area (Å²) in [7, 11) is 0. The van der Waals surface area contributed by atoms with E-state index in [9.17, 15) is 0 Å². The summed E-state index contributed by atoms with van der Waals surface area (Å²) in [4.78, 5) is 0. The summed E-state index contributed by atoms with van der Waals surface area (Å²) < 4.78 is 0. The molecule has 0 radical (unpaired) electrons. The fourth-order valence-electron chi connectivity index (χ4n) is 11.5. The molecule has 0 N–H and O–H groups in total. The van der Waals surface area contributed by atoms with Gasteiger partial charge in [-0.2, -0.15) is 0 Å². The highest BCUT2D eigenvalue weighted by molar-refractivity contribution is 5.80. The summed E-state index contributed by atoms with van der Waals surface area (Å²) in [6.07, 6.45) is 11.9. The van der Waals surface area contributed by atoms with Gasteiger partial charge in [-0.05, 0) is 236 Å². The van der Waals surface area contributed by atoms with Gasteiger partial charge < -0.3 is 0 Å². The molecule has 0 aliphatic rings. The third-order valence-corrected chi connectivity index (χ3v) is 17.0. The first-order valence-electron chi connectivity index (χ1n) is 30.4. The van der Waals surface area contributed by atoms with Gasteiger partial charge in [0.15, 0.2) is 0 Å². The molecule has 0 fully saturated rings. The summed E-state index contributed by atoms with van der Waals surface area (Å²) >= 11 is 0. The highest BCUT2D eigenvalue weighted by atomic mass is 14.2. The predicted molar refractivity (Wildman–Crippen MR) is 349 cm³/mol. The number of hydrogen-bond acceptors (Lipinski definition) is 0. The lowest BCUT2D eigenvalue weighted by Gasteiger charge is -2.17. The number of aryl methyl sites for hydroxylation is 12. The molecule has 0 bridgehead atoms. The summed E-state index contributed by atoms with van der Waals surface area (Å²) in [6, 6.07) is 64.5. The van der Waals surface area contributed by atoms with E-state index in [0.29, 0.717) is 0 Å². The van der Waals surface area contributed by atoms with E-state index < -0.39 is 0 Å². The Labute approximate surface area is 479 Å². The molecule has 0 heterocycles. The highest BCUT2D eigenvalue weighted by Gasteiger charge is 2.15. The van der Waals surface area contributed by atoms with E-state index in [1.165, 1.54) is 145 Å². The molecule has 0 saturated heterocycles. The maximum atomic E-state index is 2.42. The molecule has 0 saturated carbocycles. The molecule has 0 nitrogen and oxygen atoms in total. The lowest BCUT2D eigenvalue weighted by Crippen LogP contribution is -1.96. The minimum atomic E-state index is 1.05. The average Bonchev–Trinajstić information content (AvgIpc) is 3.56. The number of hydrogen-bond donors (Lipinski definition) is 0. The van der Waals surface area contributed by atoms with Crippen LogP contribution >= 0.6 is 0 Å². The summed E-state index contributed by atoms with van der Waals surface area (Å²) in [6.45, 7) is 31.4. The van der Waals surface area contributed by atoms with E-state index in [4.69, 9.17) is 0 Å². The molecule has 9 aromatic carbocycles. The first-order valence-corrected chi connectivity index (χ1v) is 30.4. The Kier molecular flexibility index (Phi) is 21.7. The third-order valence-electron chi connectivity index (χ3n) is 17.0. The van der Waals surface area contributed by atoms with Crippen LogP contribution in [0.4, 0.5) is 0 Å². The van der Waals surface area contributed by atoms with E-state index in [-0.39, 0.29) is 0 Å². The number of rotatable bonds is 17. The van der Waals surface area contributed by atoms with Gasteiger partial charge >= 0.3 is 0 Å². The molecule has 0 aromatic heterocycles. The first-order chi connectivity index (χ1) is 38.4. The standard InChI is InChI=1S/C28H34.C26H30.C25H28/c1-7-21-11-13-25(17-23(21)9-3)27-15-16-28(20(6)19(27)5)26-14-12-22(8-2)24(10-4)18-26;1-5-19-9-13-23(14-10-19)25-17-22(8-4)26(18-21(25)7-3)24-15-11-20(6-2)12-16-24;1-5-19-8-12-22(13-9-19)24-17-21(7-3)25(16-18(24)4)23-14-10-20(6-2)11-15-23/h11-18H,7-10H2,1-6H3;9-18H,5-8H2,1-4H3;8-17H,5-7H2,1-4H3. The molecule has 0 spiro atoms. The number of benzene rings is 9. The molecular formula is C79H92. The predicted octanol–water partition coefficient (Wildman–Crippen LogP) is 22.2. The second-order valence-electron chi connectivity index (χ2n) is 21.5. The van der Waals surface area contributed by atoms with Crippen molar-refractivity contribution in [3.8, 4) is 66.8 Å². The molecule has 0 atom stereocenters. The van der Waals surface area contributed by atoms with Gasteiger partial charge in [-0.1, -0.05) is 246 Å². The van der Waals surface area contributed by atoms with Crippen molar-refractivity contribution in [2.24, 2.45) is 0 Å². The van der Waals surface area contributed by atoms with Crippen LogP contribution in [0.25, 0.3) is 66.8 Å². The van der Waals surface area contributed by atoms with Crippen molar-refractivity contribution in [3.63, 3.8) is 0 Å². The first kappa shape index (κ1) is 59.6. The van der Waals surface area contributed by atoms with Gasteiger partial charge in [0.2, 0.25) is 0 Å². The van der Waals surface area contributed by atoms with Crippen LogP contribution in [0.1, 0.15) is 154 Å². The Hall–Kier alpha value is -7.02. The average molecular weight is 1040 g/mol. The topological polar surface area (TPSA) is 0 Å². The summed E-state index contributed by atoms with van der Waals surface area (Å²) in [5, 5.41) is 0. The van der Waals surface area contributed by atoms with Gasteiger partial charge in [0.1, 0.15) is 0 Å². The second-order valence-corrected chi connectivity index (χ2v) is 21.5. The van der Waals surface area contributed by atoms with E-state index in [0.717, 1.165) is 70.6 Å². The molecule has 0 heteroatoms. The Morgan fingerprint density at radius 2 is 0.443 bits per heavy atom. The normalized spacial score (nSPS) is 11.0. The maximum absolute atomic E-state index is 2.42. The largest absolute Gasteiger partial charge is 0.0613 e. The van der Waals surface area contributed by atoms with Crippen molar-refractivity contribution in [2.75, 3.05) is 0 Å². The van der Waals surface area contributed by atoms with Gasteiger partial charge in [0.25, 0.3) is 0 Å². The summed E-state index contributed by atoms with van der Waals surface area (Å²) in [5.74, 6) is 0. The third kappa shape index (κ3) is 14.2. The minimum Gasteiger partial charge on any atom is -0.0613 e.